The monoisotopic (exact) mass is 461 g/mol. The number of fused-ring (bicyclic) bond motifs is 1. The standard InChI is InChI=1S/C20H31N5O3.2ClH/c1-7-8-25-16-15(17(26)23-19(25)28)13(9-14(22-16)12(2)3)18(27)24(6)11-20(4,5)10-21;;/h9,12H,7-8,10-11,21H2,1-6H3,(H,23,26,28);2*1H. The van der Waals surface area contributed by atoms with E-state index in [1.807, 2.05) is 34.6 Å². The molecule has 0 bridgehead atoms. The highest BCUT2D eigenvalue weighted by Crippen LogP contribution is 2.22. The van der Waals surface area contributed by atoms with Crippen molar-refractivity contribution in [1.82, 2.24) is 19.4 Å². The molecule has 1 amide bonds. The van der Waals surface area contributed by atoms with E-state index in [0.29, 0.717) is 31.7 Å². The molecule has 0 unspecified atom stereocenters. The average Bonchev–Trinajstić information content (AvgIpc) is 2.62. The predicted molar refractivity (Wildman–Crippen MR) is 125 cm³/mol. The lowest BCUT2D eigenvalue weighted by molar-refractivity contribution is 0.0742. The van der Waals surface area contributed by atoms with E-state index in [1.165, 1.54) is 4.57 Å². The Bertz CT molecular complexity index is 998. The second-order valence-electron chi connectivity index (χ2n) is 8.39. The average molecular weight is 462 g/mol. The van der Waals surface area contributed by atoms with Crippen LogP contribution in [0.4, 0.5) is 0 Å². The first kappa shape index (κ1) is 28.1. The fourth-order valence-corrected chi connectivity index (χ4v) is 3.17. The number of nitrogens with two attached hydrogens (primary N) is 1. The molecular formula is C20H33Cl2N5O3. The van der Waals surface area contributed by atoms with Gasteiger partial charge in [-0.25, -0.2) is 9.78 Å². The fraction of sp³-hybridized carbons (Fsp3) is 0.600. The van der Waals surface area contributed by atoms with Gasteiger partial charge in [-0.3, -0.25) is 19.1 Å². The van der Waals surface area contributed by atoms with Crippen LogP contribution in [0.3, 0.4) is 0 Å². The molecule has 3 N–H and O–H groups in total. The summed E-state index contributed by atoms with van der Waals surface area (Å²) in [5.74, 6) is -0.255. The normalized spacial score (nSPS) is 11.2. The van der Waals surface area contributed by atoms with Crippen LogP contribution >= 0.6 is 24.8 Å². The number of pyridine rings is 1. The molecular weight excluding hydrogens is 429 g/mol. The number of hydrogen-bond donors (Lipinski definition) is 2. The summed E-state index contributed by atoms with van der Waals surface area (Å²) in [6.45, 7) is 11.1. The molecule has 0 aliphatic carbocycles. The van der Waals surface area contributed by atoms with E-state index >= 15 is 0 Å². The van der Waals surface area contributed by atoms with Crippen LogP contribution in [0.1, 0.15) is 63.0 Å². The number of nitrogens with one attached hydrogen (secondary N) is 1. The molecule has 30 heavy (non-hydrogen) atoms. The Hall–Kier alpha value is -1.90. The van der Waals surface area contributed by atoms with Crippen molar-refractivity contribution in [3.8, 4) is 0 Å². The Labute approximate surface area is 189 Å². The van der Waals surface area contributed by atoms with Gasteiger partial charge in [0.05, 0.1) is 10.9 Å². The van der Waals surface area contributed by atoms with Gasteiger partial charge < -0.3 is 10.6 Å². The molecule has 0 fully saturated rings. The van der Waals surface area contributed by atoms with Crippen LogP contribution in [-0.2, 0) is 6.54 Å². The van der Waals surface area contributed by atoms with Crippen LogP contribution in [-0.4, -0.2) is 45.5 Å². The molecule has 0 aliphatic rings. The van der Waals surface area contributed by atoms with Gasteiger partial charge in [0.15, 0.2) is 5.65 Å². The van der Waals surface area contributed by atoms with Gasteiger partial charge >= 0.3 is 5.69 Å². The predicted octanol–water partition coefficient (Wildman–Crippen LogP) is 2.52. The molecule has 0 spiro atoms. The summed E-state index contributed by atoms with van der Waals surface area (Å²) in [5, 5.41) is 0.153. The SMILES string of the molecule is CCCn1c(=O)[nH]c(=O)c2c(C(=O)N(C)CC(C)(C)CN)cc(C(C)C)nc21.Cl.Cl. The number of carbonyl (C=O) groups is 1. The van der Waals surface area contributed by atoms with Gasteiger partial charge in [-0.15, -0.1) is 24.8 Å². The van der Waals surface area contributed by atoms with E-state index in [0.717, 1.165) is 0 Å². The first-order valence-corrected chi connectivity index (χ1v) is 9.65. The smallest absolute Gasteiger partial charge is 0.329 e. The van der Waals surface area contributed by atoms with Crippen molar-refractivity contribution < 1.29 is 4.79 Å². The number of aryl methyl sites for hydroxylation is 1. The second kappa shape index (κ2) is 10.9. The quantitative estimate of drug-likeness (QED) is 0.657. The number of rotatable bonds is 7. The van der Waals surface area contributed by atoms with E-state index in [4.69, 9.17) is 5.73 Å². The van der Waals surface area contributed by atoms with Crippen LogP contribution < -0.4 is 17.0 Å². The zero-order valence-electron chi connectivity index (χ0n) is 18.4. The summed E-state index contributed by atoms with van der Waals surface area (Å²) in [6.07, 6.45) is 0.697. The van der Waals surface area contributed by atoms with E-state index in [1.54, 1.807) is 18.0 Å². The fourth-order valence-electron chi connectivity index (χ4n) is 3.17. The second-order valence-corrected chi connectivity index (χ2v) is 8.39. The molecule has 2 heterocycles. The Kier molecular flexibility index (Phi) is 10.2. The van der Waals surface area contributed by atoms with Crippen LogP contribution in [0, 0.1) is 5.41 Å². The summed E-state index contributed by atoms with van der Waals surface area (Å²) in [7, 11) is 1.69. The van der Waals surface area contributed by atoms with Crippen molar-refractivity contribution in [3.63, 3.8) is 0 Å². The molecule has 2 rings (SSSR count). The van der Waals surface area contributed by atoms with Crippen molar-refractivity contribution in [2.75, 3.05) is 20.1 Å². The van der Waals surface area contributed by atoms with E-state index in [2.05, 4.69) is 9.97 Å². The summed E-state index contributed by atoms with van der Waals surface area (Å²) < 4.78 is 1.43. The summed E-state index contributed by atoms with van der Waals surface area (Å²) in [4.78, 5) is 46.7. The number of halogens is 2. The summed E-state index contributed by atoms with van der Waals surface area (Å²) in [5.41, 5.74) is 5.62. The summed E-state index contributed by atoms with van der Waals surface area (Å²) in [6, 6.07) is 1.66. The third-order valence-corrected chi connectivity index (χ3v) is 4.80. The van der Waals surface area contributed by atoms with E-state index in [-0.39, 0.29) is 58.7 Å². The van der Waals surface area contributed by atoms with Crippen LogP contribution in [0.25, 0.3) is 11.0 Å². The minimum Gasteiger partial charge on any atom is -0.341 e. The highest BCUT2D eigenvalue weighted by molar-refractivity contribution is 6.05. The molecule has 8 nitrogen and oxygen atoms in total. The molecule has 0 saturated heterocycles. The highest BCUT2D eigenvalue weighted by Gasteiger charge is 2.26. The lowest BCUT2D eigenvalue weighted by Crippen LogP contribution is -2.40. The Balaban J connectivity index is 0.00000420. The van der Waals surface area contributed by atoms with Crippen molar-refractivity contribution in [2.45, 2.75) is 53.5 Å². The number of aromatic amines is 1. The van der Waals surface area contributed by atoms with Crippen molar-refractivity contribution in [3.05, 3.63) is 38.2 Å². The number of hydrogen-bond acceptors (Lipinski definition) is 5. The Morgan fingerprint density at radius 1 is 1.30 bits per heavy atom. The number of H-pyrrole nitrogens is 1. The van der Waals surface area contributed by atoms with Gasteiger partial charge in [0.2, 0.25) is 0 Å². The number of carbonyl (C=O) groups excluding carboxylic acids is 1. The third-order valence-electron chi connectivity index (χ3n) is 4.80. The molecule has 0 atom stereocenters. The maximum absolute atomic E-state index is 13.3. The number of nitrogens with zero attached hydrogens (tertiary/aromatic N) is 3. The molecule has 170 valence electrons. The molecule has 2 aromatic heterocycles. The van der Waals surface area contributed by atoms with Gasteiger partial charge in [-0.1, -0.05) is 34.6 Å². The van der Waals surface area contributed by atoms with E-state index < -0.39 is 11.2 Å². The van der Waals surface area contributed by atoms with Gasteiger partial charge in [-0.05, 0) is 30.4 Å². The van der Waals surface area contributed by atoms with Crippen molar-refractivity contribution in [2.24, 2.45) is 11.1 Å². The largest absolute Gasteiger partial charge is 0.341 e. The molecule has 0 aromatic carbocycles. The molecule has 0 saturated carbocycles. The topological polar surface area (TPSA) is 114 Å². The van der Waals surface area contributed by atoms with Gasteiger partial charge in [0, 0.05) is 25.8 Å². The minimum atomic E-state index is -0.593. The maximum Gasteiger partial charge on any atom is 0.329 e. The molecule has 0 radical (unpaired) electrons. The van der Waals surface area contributed by atoms with Crippen LogP contribution in [0.2, 0.25) is 0 Å². The van der Waals surface area contributed by atoms with Crippen LogP contribution in [0.15, 0.2) is 15.7 Å². The lowest BCUT2D eigenvalue weighted by atomic mass is 9.93. The minimum absolute atomic E-state index is 0. The number of amides is 1. The van der Waals surface area contributed by atoms with Gasteiger partial charge in [0.25, 0.3) is 11.5 Å². The third kappa shape index (κ3) is 5.83. The molecule has 2 aromatic rings. The van der Waals surface area contributed by atoms with Gasteiger partial charge in [-0.2, -0.15) is 0 Å². The lowest BCUT2D eigenvalue weighted by Gasteiger charge is -2.29. The Morgan fingerprint density at radius 2 is 1.90 bits per heavy atom. The zero-order chi connectivity index (χ0) is 21.2. The van der Waals surface area contributed by atoms with Crippen molar-refractivity contribution >= 4 is 41.8 Å². The first-order valence-electron chi connectivity index (χ1n) is 9.65. The maximum atomic E-state index is 13.3. The first-order chi connectivity index (χ1) is 13.0. The molecule has 10 heteroatoms. The molecule has 0 aliphatic heterocycles. The van der Waals surface area contributed by atoms with E-state index in [9.17, 15) is 14.4 Å². The zero-order valence-corrected chi connectivity index (χ0v) is 20.1. The highest BCUT2D eigenvalue weighted by atomic mass is 35.5. The summed E-state index contributed by atoms with van der Waals surface area (Å²) >= 11 is 0. The van der Waals surface area contributed by atoms with Crippen LogP contribution in [0.5, 0.6) is 0 Å². The Morgan fingerprint density at radius 3 is 2.40 bits per heavy atom. The number of aromatic nitrogens is 3. The van der Waals surface area contributed by atoms with Gasteiger partial charge in [0.1, 0.15) is 0 Å². The van der Waals surface area contributed by atoms with Crippen molar-refractivity contribution in [1.29, 1.82) is 0 Å².